The molecule has 1 aromatic carbocycles. The zero-order valence-electron chi connectivity index (χ0n) is 10.2. The Morgan fingerprint density at radius 2 is 1.75 bits per heavy atom. The van der Waals surface area contributed by atoms with Crippen LogP contribution in [-0.4, -0.2) is 17.0 Å². The first-order valence-electron chi connectivity index (χ1n) is 5.79. The number of carbonyl (C=O) groups excluding carboxylic acids is 1. The van der Waals surface area contributed by atoms with Gasteiger partial charge in [0.25, 0.3) is 0 Å². The zero-order chi connectivity index (χ0) is 12.1. The molecule has 0 saturated heterocycles. The van der Waals surface area contributed by atoms with Gasteiger partial charge in [0.2, 0.25) is 0 Å². The second-order valence-corrected chi connectivity index (χ2v) is 4.72. The summed E-state index contributed by atoms with van der Waals surface area (Å²) in [6, 6.07) is 9.15. The van der Waals surface area contributed by atoms with E-state index < -0.39 is 6.10 Å². The maximum atomic E-state index is 12.0. The van der Waals surface area contributed by atoms with Crippen LogP contribution in [0.5, 0.6) is 0 Å². The van der Waals surface area contributed by atoms with E-state index in [-0.39, 0.29) is 11.7 Å². The maximum Gasteiger partial charge on any atom is 0.168 e. The topological polar surface area (TPSA) is 37.3 Å². The lowest BCUT2D eigenvalue weighted by molar-refractivity contribution is 0.0652. The fourth-order valence-electron chi connectivity index (χ4n) is 1.73. The largest absolute Gasteiger partial charge is 0.392 e. The highest BCUT2D eigenvalue weighted by Gasteiger charge is 2.23. The van der Waals surface area contributed by atoms with Crippen LogP contribution in [-0.2, 0) is 0 Å². The van der Waals surface area contributed by atoms with Gasteiger partial charge in [-0.3, -0.25) is 4.79 Å². The number of aliphatic hydroxyl groups is 1. The average Bonchev–Trinajstić information content (AvgIpc) is 2.27. The van der Waals surface area contributed by atoms with E-state index in [2.05, 4.69) is 0 Å². The van der Waals surface area contributed by atoms with Crippen LogP contribution in [0.4, 0.5) is 0 Å². The summed E-state index contributed by atoms with van der Waals surface area (Å²) in [6.45, 7) is 5.88. The van der Waals surface area contributed by atoms with Crippen LogP contribution in [0.3, 0.4) is 0 Å². The second-order valence-electron chi connectivity index (χ2n) is 4.72. The fraction of sp³-hybridized carbons (Fsp3) is 0.500. The smallest absolute Gasteiger partial charge is 0.168 e. The molecule has 1 N–H and O–H groups in total. The van der Waals surface area contributed by atoms with Gasteiger partial charge in [0, 0.05) is 11.5 Å². The van der Waals surface area contributed by atoms with Gasteiger partial charge in [0.1, 0.15) is 0 Å². The summed E-state index contributed by atoms with van der Waals surface area (Å²) in [5.74, 6) is 0.0968. The molecule has 0 bridgehead atoms. The van der Waals surface area contributed by atoms with Gasteiger partial charge in [0.15, 0.2) is 5.78 Å². The van der Waals surface area contributed by atoms with Gasteiger partial charge < -0.3 is 5.11 Å². The highest BCUT2D eigenvalue weighted by Crippen LogP contribution is 2.17. The van der Waals surface area contributed by atoms with Crippen LogP contribution in [0.15, 0.2) is 30.3 Å². The van der Waals surface area contributed by atoms with Crippen molar-refractivity contribution in [3.8, 4) is 0 Å². The first-order valence-corrected chi connectivity index (χ1v) is 5.79. The number of carbonyl (C=O) groups is 1. The van der Waals surface area contributed by atoms with E-state index in [1.54, 1.807) is 19.1 Å². The van der Waals surface area contributed by atoms with Gasteiger partial charge in [0.05, 0.1) is 6.10 Å². The van der Waals surface area contributed by atoms with Crippen molar-refractivity contribution >= 4 is 5.78 Å². The van der Waals surface area contributed by atoms with Crippen LogP contribution < -0.4 is 0 Å². The van der Waals surface area contributed by atoms with Crippen molar-refractivity contribution in [2.45, 2.75) is 33.3 Å². The molecule has 88 valence electrons. The molecule has 0 saturated carbocycles. The van der Waals surface area contributed by atoms with E-state index in [9.17, 15) is 9.90 Å². The summed E-state index contributed by atoms with van der Waals surface area (Å²) in [5.41, 5.74) is 0.679. The zero-order valence-corrected chi connectivity index (χ0v) is 10.2. The summed E-state index contributed by atoms with van der Waals surface area (Å²) in [6.07, 6.45) is 0.118. The standard InChI is InChI=1S/C14H20O2/c1-10(2)9-13(15)11(3)14(16)12-7-5-4-6-8-12/h4-8,10-11,13,15H,9H2,1-3H3/t11-,13+/m1/s1. The normalized spacial score (nSPS) is 14.8. The number of hydrogen-bond acceptors (Lipinski definition) is 2. The summed E-state index contributed by atoms with van der Waals surface area (Å²) in [4.78, 5) is 12.0. The second kappa shape index (κ2) is 5.80. The maximum absolute atomic E-state index is 12.0. The lowest BCUT2D eigenvalue weighted by Crippen LogP contribution is -2.27. The van der Waals surface area contributed by atoms with E-state index >= 15 is 0 Å². The Balaban J connectivity index is 2.67. The summed E-state index contributed by atoms with van der Waals surface area (Å²) in [5, 5.41) is 9.90. The highest BCUT2D eigenvalue weighted by atomic mass is 16.3. The highest BCUT2D eigenvalue weighted by molar-refractivity contribution is 5.97. The van der Waals surface area contributed by atoms with Crippen LogP contribution >= 0.6 is 0 Å². The van der Waals surface area contributed by atoms with E-state index in [4.69, 9.17) is 0 Å². The van der Waals surface area contributed by atoms with Crippen molar-refractivity contribution in [2.24, 2.45) is 11.8 Å². The van der Waals surface area contributed by atoms with Gasteiger partial charge in [-0.15, -0.1) is 0 Å². The minimum atomic E-state index is -0.548. The lowest BCUT2D eigenvalue weighted by atomic mass is 9.90. The van der Waals surface area contributed by atoms with E-state index in [1.165, 1.54) is 0 Å². The molecule has 2 heteroatoms. The first kappa shape index (κ1) is 12.9. The molecule has 2 nitrogen and oxygen atoms in total. The Morgan fingerprint density at radius 1 is 1.19 bits per heavy atom. The molecule has 0 aliphatic heterocycles. The van der Waals surface area contributed by atoms with Crippen molar-refractivity contribution in [3.05, 3.63) is 35.9 Å². The van der Waals surface area contributed by atoms with E-state index in [0.717, 1.165) is 0 Å². The fourth-order valence-corrected chi connectivity index (χ4v) is 1.73. The van der Waals surface area contributed by atoms with Crippen LogP contribution in [0.25, 0.3) is 0 Å². The van der Waals surface area contributed by atoms with Crippen molar-refractivity contribution in [3.63, 3.8) is 0 Å². The molecule has 0 heterocycles. The molecule has 1 rings (SSSR count). The molecule has 0 spiro atoms. The van der Waals surface area contributed by atoms with Gasteiger partial charge in [-0.05, 0) is 12.3 Å². The molecule has 0 unspecified atom stereocenters. The monoisotopic (exact) mass is 220 g/mol. The third kappa shape index (κ3) is 3.46. The molecular formula is C14H20O2. The van der Waals surface area contributed by atoms with E-state index in [0.29, 0.717) is 17.9 Å². The Hall–Kier alpha value is -1.15. The number of hydrogen-bond donors (Lipinski definition) is 1. The molecule has 0 aliphatic carbocycles. The summed E-state index contributed by atoms with van der Waals surface area (Å²) < 4.78 is 0. The third-order valence-corrected chi connectivity index (χ3v) is 2.76. The average molecular weight is 220 g/mol. The van der Waals surface area contributed by atoms with Crippen LogP contribution in [0.2, 0.25) is 0 Å². The molecule has 0 aliphatic rings. The third-order valence-electron chi connectivity index (χ3n) is 2.76. The Morgan fingerprint density at radius 3 is 2.25 bits per heavy atom. The predicted molar refractivity (Wildman–Crippen MR) is 65.4 cm³/mol. The number of aliphatic hydroxyl groups excluding tert-OH is 1. The van der Waals surface area contributed by atoms with E-state index in [1.807, 2.05) is 32.0 Å². The lowest BCUT2D eigenvalue weighted by Gasteiger charge is -2.19. The van der Waals surface area contributed by atoms with Gasteiger partial charge in [-0.2, -0.15) is 0 Å². The molecule has 0 radical (unpaired) electrons. The number of Topliss-reactive ketones (excluding diaryl/α,β-unsaturated/α-hetero) is 1. The van der Waals surface area contributed by atoms with Gasteiger partial charge in [-0.1, -0.05) is 51.1 Å². The van der Waals surface area contributed by atoms with Crippen LogP contribution in [0, 0.1) is 11.8 Å². The van der Waals surface area contributed by atoms with Crippen molar-refractivity contribution in [1.82, 2.24) is 0 Å². The Kier molecular flexibility index (Phi) is 4.69. The van der Waals surface area contributed by atoms with Crippen molar-refractivity contribution < 1.29 is 9.90 Å². The molecule has 16 heavy (non-hydrogen) atoms. The SMILES string of the molecule is CC(C)C[C@H](O)[C@@H](C)C(=O)c1ccccc1. The first-order chi connectivity index (χ1) is 7.52. The minimum absolute atomic E-state index is 0.0220. The Bertz CT molecular complexity index is 330. The van der Waals surface area contributed by atoms with Crippen molar-refractivity contribution in [1.29, 1.82) is 0 Å². The molecule has 0 fully saturated rings. The van der Waals surface area contributed by atoms with Gasteiger partial charge >= 0.3 is 0 Å². The summed E-state index contributed by atoms with van der Waals surface area (Å²) in [7, 11) is 0. The molecule has 1 aromatic rings. The molecule has 0 amide bonds. The van der Waals surface area contributed by atoms with Gasteiger partial charge in [-0.25, -0.2) is 0 Å². The molecular weight excluding hydrogens is 200 g/mol. The quantitative estimate of drug-likeness (QED) is 0.775. The Labute approximate surface area is 97.3 Å². The number of ketones is 1. The number of benzene rings is 1. The molecule has 0 aromatic heterocycles. The summed E-state index contributed by atoms with van der Waals surface area (Å²) >= 11 is 0. The molecule has 2 atom stereocenters. The number of rotatable bonds is 5. The minimum Gasteiger partial charge on any atom is -0.392 e. The van der Waals surface area contributed by atoms with Crippen molar-refractivity contribution in [2.75, 3.05) is 0 Å². The predicted octanol–water partition coefficient (Wildman–Crippen LogP) is 2.91. The van der Waals surface area contributed by atoms with Crippen LogP contribution in [0.1, 0.15) is 37.6 Å².